The summed E-state index contributed by atoms with van der Waals surface area (Å²) in [5, 5.41) is 7.08. The van der Waals surface area contributed by atoms with Gasteiger partial charge >= 0.3 is 0 Å². The van der Waals surface area contributed by atoms with E-state index in [4.69, 9.17) is 0 Å². The molecule has 1 saturated heterocycles. The Labute approximate surface area is 142 Å². The largest absolute Gasteiger partial charge is 0.354 e. The first-order chi connectivity index (χ1) is 11.6. The van der Waals surface area contributed by atoms with E-state index in [1.807, 2.05) is 25.3 Å². The van der Waals surface area contributed by atoms with Crippen molar-refractivity contribution in [3.8, 4) is 0 Å². The van der Waals surface area contributed by atoms with Gasteiger partial charge in [0.2, 0.25) is 5.91 Å². The van der Waals surface area contributed by atoms with E-state index in [1.54, 1.807) is 17.1 Å². The van der Waals surface area contributed by atoms with E-state index in [1.165, 1.54) is 0 Å². The maximum Gasteiger partial charge on any atom is 0.244 e. The third-order valence-corrected chi connectivity index (χ3v) is 4.41. The molecule has 7 nitrogen and oxygen atoms in total. The van der Waals surface area contributed by atoms with Crippen molar-refractivity contribution in [2.45, 2.75) is 19.5 Å². The quantitative estimate of drug-likeness (QED) is 0.884. The van der Waals surface area contributed by atoms with E-state index in [9.17, 15) is 4.79 Å². The third kappa shape index (κ3) is 3.91. The zero-order valence-electron chi connectivity index (χ0n) is 14.2. The number of carbonyl (C=O) groups is 1. The van der Waals surface area contributed by atoms with Crippen LogP contribution < -0.4 is 10.2 Å². The standard InChI is InChI=1S/C17H24N6O/c1-14(23-7-3-5-20-23)17(24)19-13-15-4-6-18-16(12-15)22-10-8-21(2)9-11-22/h3-7,12,14H,8-11,13H2,1-2H3,(H,19,24)/t14-/m0/s1. The Hall–Kier alpha value is -2.41. The summed E-state index contributed by atoms with van der Waals surface area (Å²) in [7, 11) is 2.14. The normalized spacial score (nSPS) is 16.8. The average molecular weight is 328 g/mol. The average Bonchev–Trinajstić information content (AvgIpc) is 3.14. The second-order valence-electron chi connectivity index (χ2n) is 6.19. The highest BCUT2D eigenvalue weighted by Gasteiger charge is 2.17. The number of piperazine rings is 1. The van der Waals surface area contributed by atoms with Gasteiger partial charge in [-0.05, 0) is 37.7 Å². The van der Waals surface area contributed by atoms with Gasteiger partial charge in [0.1, 0.15) is 11.9 Å². The van der Waals surface area contributed by atoms with Gasteiger partial charge in [-0.2, -0.15) is 5.10 Å². The van der Waals surface area contributed by atoms with Crippen molar-refractivity contribution < 1.29 is 4.79 Å². The molecule has 0 unspecified atom stereocenters. The zero-order valence-corrected chi connectivity index (χ0v) is 14.2. The minimum atomic E-state index is -0.320. The van der Waals surface area contributed by atoms with Crippen LogP contribution in [0.5, 0.6) is 0 Å². The Bertz CT molecular complexity index is 663. The molecule has 7 heteroatoms. The molecule has 24 heavy (non-hydrogen) atoms. The number of rotatable bonds is 5. The lowest BCUT2D eigenvalue weighted by Gasteiger charge is -2.33. The summed E-state index contributed by atoms with van der Waals surface area (Å²) in [6.07, 6.45) is 5.28. The number of likely N-dealkylation sites (N-methyl/N-ethyl adjacent to an activating group) is 1. The van der Waals surface area contributed by atoms with E-state index in [2.05, 4.69) is 38.3 Å². The summed E-state index contributed by atoms with van der Waals surface area (Å²) >= 11 is 0. The highest BCUT2D eigenvalue weighted by molar-refractivity contribution is 5.79. The van der Waals surface area contributed by atoms with Crippen molar-refractivity contribution in [2.75, 3.05) is 38.1 Å². The molecule has 1 atom stereocenters. The molecule has 0 saturated carbocycles. The van der Waals surface area contributed by atoms with Gasteiger partial charge in [-0.3, -0.25) is 9.48 Å². The van der Waals surface area contributed by atoms with Crippen molar-refractivity contribution in [3.05, 3.63) is 42.4 Å². The summed E-state index contributed by atoms with van der Waals surface area (Å²) in [6, 6.07) is 5.50. The van der Waals surface area contributed by atoms with Gasteiger partial charge in [0.25, 0.3) is 0 Å². The highest BCUT2D eigenvalue weighted by Crippen LogP contribution is 2.15. The lowest BCUT2D eigenvalue weighted by Crippen LogP contribution is -2.44. The molecule has 2 aromatic rings. The predicted octanol–water partition coefficient (Wildman–Crippen LogP) is 0.907. The molecule has 3 rings (SSSR count). The number of anilines is 1. The second kappa shape index (κ2) is 7.44. The second-order valence-corrected chi connectivity index (χ2v) is 6.19. The van der Waals surface area contributed by atoms with E-state index in [0.717, 1.165) is 37.6 Å². The Balaban J connectivity index is 1.57. The predicted molar refractivity (Wildman–Crippen MR) is 92.7 cm³/mol. The molecule has 1 N–H and O–H groups in total. The third-order valence-electron chi connectivity index (χ3n) is 4.41. The minimum Gasteiger partial charge on any atom is -0.354 e. The molecular formula is C17H24N6O. The van der Waals surface area contributed by atoms with Crippen molar-refractivity contribution in [2.24, 2.45) is 0 Å². The fourth-order valence-corrected chi connectivity index (χ4v) is 2.75. The van der Waals surface area contributed by atoms with Crippen molar-refractivity contribution in [3.63, 3.8) is 0 Å². The summed E-state index contributed by atoms with van der Waals surface area (Å²) in [6.45, 7) is 6.39. The minimum absolute atomic E-state index is 0.0448. The van der Waals surface area contributed by atoms with Gasteiger partial charge in [0.15, 0.2) is 0 Å². The Morgan fingerprint density at radius 1 is 1.29 bits per heavy atom. The van der Waals surface area contributed by atoms with Gasteiger partial charge in [-0.25, -0.2) is 4.98 Å². The molecule has 0 bridgehead atoms. The van der Waals surface area contributed by atoms with E-state index in [-0.39, 0.29) is 11.9 Å². The smallest absolute Gasteiger partial charge is 0.244 e. The maximum atomic E-state index is 12.2. The Kier molecular flexibility index (Phi) is 5.10. The maximum absolute atomic E-state index is 12.2. The lowest BCUT2D eigenvalue weighted by molar-refractivity contribution is -0.124. The summed E-state index contributed by atoms with van der Waals surface area (Å²) in [4.78, 5) is 21.3. The fraction of sp³-hybridized carbons (Fsp3) is 0.471. The molecule has 3 heterocycles. The molecule has 0 aromatic carbocycles. The van der Waals surface area contributed by atoms with Crippen LogP contribution in [-0.2, 0) is 11.3 Å². The van der Waals surface area contributed by atoms with Crippen LogP contribution in [0.4, 0.5) is 5.82 Å². The van der Waals surface area contributed by atoms with Gasteiger partial charge in [-0.1, -0.05) is 0 Å². The molecule has 0 spiro atoms. The Morgan fingerprint density at radius 2 is 2.08 bits per heavy atom. The van der Waals surface area contributed by atoms with Crippen LogP contribution in [0.15, 0.2) is 36.8 Å². The number of hydrogen-bond donors (Lipinski definition) is 1. The van der Waals surface area contributed by atoms with Gasteiger partial charge < -0.3 is 15.1 Å². The summed E-state index contributed by atoms with van der Waals surface area (Å²) in [5.74, 6) is 0.937. The number of carbonyl (C=O) groups excluding carboxylic acids is 1. The van der Waals surface area contributed by atoms with Crippen LogP contribution in [0.1, 0.15) is 18.5 Å². The van der Waals surface area contributed by atoms with Crippen LogP contribution in [0, 0.1) is 0 Å². The summed E-state index contributed by atoms with van der Waals surface area (Å²) < 4.78 is 1.65. The van der Waals surface area contributed by atoms with Crippen LogP contribution in [0.25, 0.3) is 0 Å². The monoisotopic (exact) mass is 328 g/mol. The number of nitrogens with zero attached hydrogens (tertiary/aromatic N) is 5. The number of aromatic nitrogens is 3. The molecule has 0 aliphatic carbocycles. The van der Waals surface area contributed by atoms with Gasteiger partial charge in [-0.15, -0.1) is 0 Å². The molecule has 0 radical (unpaired) electrons. The van der Waals surface area contributed by atoms with Crippen LogP contribution in [-0.4, -0.2) is 58.8 Å². The molecule has 2 aromatic heterocycles. The van der Waals surface area contributed by atoms with Crippen molar-refractivity contribution in [1.29, 1.82) is 0 Å². The zero-order chi connectivity index (χ0) is 16.9. The van der Waals surface area contributed by atoms with E-state index < -0.39 is 0 Å². The van der Waals surface area contributed by atoms with Crippen LogP contribution >= 0.6 is 0 Å². The van der Waals surface area contributed by atoms with Gasteiger partial charge in [0, 0.05) is 51.3 Å². The number of amides is 1. The number of pyridine rings is 1. The van der Waals surface area contributed by atoms with Crippen LogP contribution in [0.3, 0.4) is 0 Å². The first kappa shape index (κ1) is 16.4. The fourth-order valence-electron chi connectivity index (χ4n) is 2.75. The first-order valence-electron chi connectivity index (χ1n) is 8.29. The number of nitrogens with one attached hydrogen (secondary N) is 1. The first-order valence-corrected chi connectivity index (χ1v) is 8.29. The molecule has 1 aliphatic heterocycles. The topological polar surface area (TPSA) is 66.3 Å². The Morgan fingerprint density at radius 3 is 2.79 bits per heavy atom. The molecule has 128 valence electrons. The van der Waals surface area contributed by atoms with Crippen molar-refractivity contribution in [1.82, 2.24) is 25.0 Å². The highest BCUT2D eigenvalue weighted by atomic mass is 16.2. The SMILES string of the molecule is C[C@@H](C(=O)NCc1ccnc(N2CCN(C)CC2)c1)n1cccn1. The number of hydrogen-bond acceptors (Lipinski definition) is 5. The lowest BCUT2D eigenvalue weighted by atomic mass is 10.2. The van der Waals surface area contributed by atoms with Gasteiger partial charge in [0.05, 0.1) is 0 Å². The molecule has 1 fully saturated rings. The van der Waals surface area contributed by atoms with E-state index >= 15 is 0 Å². The summed E-state index contributed by atoms with van der Waals surface area (Å²) in [5.41, 5.74) is 1.06. The van der Waals surface area contributed by atoms with E-state index in [0.29, 0.717) is 6.54 Å². The molecule has 1 aliphatic rings. The molecular weight excluding hydrogens is 304 g/mol. The van der Waals surface area contributed by atoms with Crippen LogP contribution in [0.2, 0.25) is 0 Å². The molecule has 1 amide bonds. The van der Waals surface area contributed by atoms with Crippen molar-refractivity contribution >= 4 is 11.7 Å².